The Labute approximate surface area is 94.8 Å². The lowest BCUT2D eigenvalue weighted by atomic mass is 9.85. The van der Waals surface area contributed by atoms with Crippen molar-refractivity contribution in [2.24, 2.45) is 0 Å². The van der Waals surface area contributed by atoms with Gasteiger partial charge in [-0.05, 0) is 38.0 Å². The highest BCUT2D eigenvalue weighted by Crippen LogP contribution is 2.44. The summed E-state index contributed by atoms with van der Waals surface area (Å²) >= 11 is 6.06. The van der Waals surface area contributed by atoms with Crippen LogP contribution in [-0.2, 0) is 10.2 Å². The molecule has 0 N–H and O–H groups in total. The summed E-state index contributed by atoms with van der Waals surface area (Å²) in [6.07, 6.45) is 0. The van der Waals surface area contributed by atoms with Gasteiger partial charge in [0.1, 0.15) is 0 Å². The van der Waals surface area contributed by atoms with Crippen molar-refractivity contribution in [1.82, 2.24) is 0 Å². The van der Waals surface area contributed by atoms with E-state index in [1.165, 1.54) is 0 Å². The van der Waals surface area contributed by atoms with Crippen molar-refractivity contribution in [3.05, 3.63) is 28.3 Å². The van der Waals surface area contributed by atoms with Crippen LogP contribution in [0.1, 0.15) is 25.0 Å². The maximum Gasteiger partial charge on any atom is 0.236 e. The maximum absolute atomic E-state index is 12.0. The van der Waals surface area contributed by atoms with Gasteiger partial charge in [-0.15, -0.1) is 0 Å². The molecule has 15 heavy (non-hydrogen) atoms. The van der Waals surface area contributed by atoms with E-state index < -0.39 is 5.41 Å². The van der Waals surface area contributed by atoms with Gasteiger partial charge in [0.05, 0.1) is 11.1 Å². The molecule has 0 aromatic heterocycles. The largest absolute Gasteiger partial charge is 0.314 e. The van der Waals surface area contributed by atoms with Gasteiger partial charge in [0.25, 0.3) is 0 Å². The number of nitrogens with zero attached hydrogens (tertiary/aromatic N) is 1. The van der Waals surface area contributed by atoms with Gasteiger partial charge in [0.2, 0.25) is 5.91 Å². The Balaban J connectivity index is 2.77. The summed E-state index contributed by atoms with van der Waals surface area (Å²) < 4.78 is 0. The Kier molecular flexibility index (Phi) is 2.09. The number of hydrogen-bond acceptors (Lipinski definition) is 1. The second kappa shape index (κ2) is 2.99. The highest BCUT2D eigenvalue weighted by atomic mass is 35.5. The van der Waals surface area contributed by atoms with E-state index in [4.69, 9.17) is 11.6 Å². The zero-order valence-electron chi connectivity index (χ0n) is 9.39. The molecule has 0 spiro atoms. The number of likely N-dealkylation sites (N-methyl/N-ethyl adjacent to an activating group) is 1. The first-order valence-electron chi connectivity index (χ1n) is 4.95. The van der Waals surface area contributed by atoms with E-state index >= 15 is 0 Å². The normalized spacial score (nSPS) is 18.2. The van der Waals surface area contributed by atoms with Gasteiger partial charge in [-0.1, -0.05) is 17.7 Å². The molecular formula is C12H14ClNO. The SMILES string of the molecule is Cc1c(Cl)ccc2c1N(C)C(=O)C2(C)C. The fourth-order valence-electron chi connectivity index (χ4n) is 2.25. The molecule has 0 saturated carbocycles. The summed E-state index contributed by atoms with van der Waals surface area (Å²) in [7, 11) is 1.80. The number of amides is 1. The third-order valence-corrected chi connectivity index (χ3v) is 3.62. The van der Waals surface area contributed by atoms with Crippen LogP contribution < -0.4 is 4.90 Å². The monoisotopic (exact) mass is 223 g/mol. The number of carbonyl (C=O) groups excluding carboxylic acids is 1. The molecule has 0 aliphatic carbocycles. The zero-order valence-corrected chi connectivity index (χ0v) is 10.1. The Bertz CT molecular complexity index is 451. The maximum atomic E-state index is 12.0. The average Bonchev–Trinajstić information content (AvgIpc) is 2.34. The minimum absolute atomic E-state index is 0.128. The van der Waals surface area contributed by atoms with Crippen molar-refractivity contribution < 1.29 is 4.79 Å². The minimum Gasteiger partial charge on any atom is -0.314 e. The van der Waals surface area contributed by atoms with Gasteiger partial charge in [-0.25, -0.2) is 0 Å². The molecule has 2 rings (SSSR count). The molecule has 1 aromatic rings. The highest BCUT2D eigenvalue weighted by molar-refractivity contribution is 6.32. The lowest BCUT2D eigenvalue weighted by Crippen LogP contribution is -2.33. The number of rotatable bonds is 0. The summed E-state index contributed by atoms with van der Waals surface area (Å²) in [5.74, 6) is 0.128. The Hall–Kier alpha value is -1.02. The highest BCUT2D eigenvalue weighted by Gasteiger charge is 2.43. The van der Waals surface area contributed by atoms with Gasteiger partial charge in [0.15, 0.2) is 0 Å². The second-order valence-corrected chi connectivity index (χ2v) is 4.96. The molecule has 1 aromatic carbocycles. The van der Waals surface area contributed by atoms with Crippen molar-refractivity contribution >= 4 is 23.2 Å². The Morgan fingerprint density at radius 2 is 1.93 bits per heavy atom. The van der Waals surface area contributed by atoms with Crippen LogP contribution in [0.5, 0.6) is 0 Å². The quantitative estimate of drug-likeness (QED) is 0.662. The number of anilines is 1. The van der Waals surface area contributed by atoms with Crippen LogP contribution in [0.4, 0.5) is 5.69 Å². The molecule has 0 atom stereocenters. The Morgan fingerprint density at radius 1 is 1.33 bits per heavy atom. The van der Waals surface area contributed by atoms with Crippen molar-refractivity contribution in [2.75, 3.05) is 11.9 Å². The van der Waals surface area contributed by atoms with Crippen LogP contribution in [0.25, 0.3) is 0 Å². The third-order valence-electron chi connectivity index (χ3n) is 3.21. The van der Waals surface area contributed by atoms with E-state index in [2.05, 4.69) is 0 Å². The van der Waals surface area contributed by atoms with Gasteiger partial charge in [0, 0.05) is 12.1 Å². The van der Waals surface area contributed by atoms with Gasteiger partial charge in [-0.2, -0.15) is 0 Å². The van der Waals surface area contributed by atoms with Crippen LogP contribution in [0.2, 0.25) is 5.02 Å². The molecule has 0 unspecified atom stereocenters. The van der Waals surface area contributed by atoms with Crippen molar-refractivity contribution in [3.8, 4) is 0 Å². The summed E-state index contributed by atoms with van der Waals surface area (Å²) in [6.45, 7) is 5.85. The molecule has 0 saturated heterocycles. The fraction of sp³-hybridized carbons (Fsp3) is 0.417. The number of benzene rings is 1. The predicted octanol–water partition coefficient (Wildman–Crippen LogP) is 2.90. The zero-order chi connectivity index (χ0) is 11.4. The van der Waals surface area contributed by atoms with Crippen molar-refractivity contribution in [1.29, 1.82) is 0 Å². The molecule has 3 heteroatoms. The first kappa shape index (κ1) is 10.5. The van der Waals surface area contributed by atoms with E-state index in [1.807, 2.05) is 32.9 Å². The standard InChI is InChI=1S/C12H14ClNO/c1-7-9(13)6-5-8-10(7)14(4)11(15)12(8,2)3/h5-6H,1-4H3. The lowest BCUT2D eigenvalue weighted by Gasteiger charge is -2.16. The number of hydrogen-bond donors (Lipinski definition) is 0. The summed E-state index contributed by atoms with van der Waals surface area (Å²) in [4.78, 5) is 13.7. The van der Waals surface area contributed by atoms with Gasteiger partial charge in [-0.3, -0.25) is 4.79 Å². The van der Waals surface area contributed by atoms with E-state index in [0.717, 1.165) is 16.8 Å². The Morgan fingerprint density at radius 3 is 2.53 bits per heavy atom. The van der Waals surface area contributed by atoms with Crippen molar-refractivity contribution in [2.45, 2.75) is 26.2 Å². The van der Waals surface area contributed by atoms with E-state index in [1.54, 1.807) is 11.9 Å². The first-order chi connectivity index (χ1) is 6.87. The molecule has 1 amide bonds. The molecule has 2 nitrogen and oxygen atoms in total. The number of fused-ring (bicyclic) bond motifs is 1. The molecule has 0 bridgehead atoms. The molecule has 1 heterocycles. The second-order valence-electron chi connectivity index (χ2n) is 4.56. The van der Waals surface area contributed by atoms with Crippen LogP contribution in [0.3, 0.4) is 0 Å². The van der Waals surface area contributed by atoms with Crippen LogP contribution in [0.15, 0.2) is 12.1 Å². The summed E-state index contributed by atoms with van der Waals surface area (Å²) in [5.41, 5.74) is 2.59. The van der Waals surface area contributed by atoms with E-state index in [0.29, 0.717) is 5.02 Å². The number of halogens is 1. The van der Waals surface area contributed by atoms with Gasteiger partial charge >= 0.3 is 0 Å². The van der Waals surface area contributed by atoms with Crippen LogP contribution in [-0.4, -0.2) is 13.0 Å². The topological polar surface area (TPSA) is 20.3 Å². The summed E-state index contributed by atoms with van der Waals surface area (Å²) in [6, 6.07) is 3.82. The van der Waals surface area contributed by atoms with Crippen LogP contribution >= 0.6 is 11.6 Å². The van der Waals surface area contributed by atoms with E-state index in [-0.39, 0.29) is 5.91 Å². The first-order valence-corrected chi connectivity index (χ1v) is 5.33. The molecule has 0 radical (unpaired) electrons. The molecular weight excluding hydrogens is 210 g/mol. The third kappa shape index (κ3) is 1.21. The fourth-order valence-corrected chi connectivity index (χ4v) is 2.40. The molecule has 1 aliphatic rings. The smallest absolute Gasteiger partial charge is 0.236 e. The lowest BCUT2D eigenvalue weighted by molar-refractivity contribution is -0.121. The molecule has 0 fully saturated rings. The number of carbonyl (C=O) groups is 1. The van der Waals surface area contributed by atoms with E-state index in [9.17, 15) is 4.79 Å². The average molecular weight is 224 g/mol. The predicted molar refractivity (Wildman–Crippen MR) is 62.6 cm³/mol. The molecule has 80 valence electrons. The van der Waals surface area contributed by atoms with Gasteiger partial charge < -0.3 is 4.90 Å². The minimum atomic E-state index is -0.431. The summed E-state index contributed by atoms with van der Waals surface area (Å²) in [5, 5.41) is 0.714. The van der Waals surface area contributed by atoms with Crippen molar-refractivity contribution in [3.63, 3.8) is 0 Å². The molecule has 1 aliphatic heterocycles. The van der Waals surface area contributed by atoms with Crippen LogP contribution in [0, 0.1) is 6.92 Å².